The molecule has 0 aliphatic rings. The van der Waals surface area contributed by atoms with Crippen molar-refractivity contribution in [1.82, 2.24) is 19.9 Å². The first-order valence-electron chi connectivity index (χ1n) is 5.34. The van der Waals surface area contributed by atoms with E-state index in [1.807, 2.05) is 6.92 Å². The van der Waals surface area contributed by atoms with Crippen LogP contribution in [0.3, 0.4) is 0 Å². The van der Waals surface area contributed by atoms with Gasteiger partial charge in [0.15, 0.2) is 12.1 Å². The Morgan fingerprint density at radius 2 is 2.12 bits per heavy atom. The maximum absolute atomic E-state index is 10.7. The quantitative estimate of drug-likeness (QED) is 0.746. The summed E-state index contributed by atoms with van der Waals surface area (Å²) in [4.78, 5) is 27.3. The van der Waals surface area contributed by atoms with Crippen molar-refractivity contribution in [2.24, 2.45) is 0 Å². The molecule has 17 heavy (non-hydrogen) atoms. The van der Waals surface area contributed by atoms with Gasteiger partial charge in [-0.1, -0.05) is 6.92 Å². The third-order valence-electron chi connectivity index (χ3n) is 2.51. The number of carbonyl (C=O) groups excluding carboxylic acids is 1. The largest absolute Gasteiger partial charge is 0.298 e. The van der Waals surface area contributed by atoms with Gasteiger partial charge in [-0.2, -0.15) is 0 Å². The van der Waals surface area contributed by atoms with Crippen molar-refractivity contribution in [3.05, 3.63) is 35.7 Å². The average Bonchev–Trinajstić information content (AvgIpc) is 2.38. The van der Waals surface area contributed by atoms with Crippen molar-refractivity contribution < 1.29 is 4.79 Å². The van der Waals surface area contributed by atoms with Crippen LogP contribution in [0.4, 0.5) is 0 Å². The second kappa shape index (κ2) is 4.78. The Balaban J connectivity index is 2.53. The maximum atomic E-state index is 10.7. The summed E-state index contributed by atoms with van der Waals surface area (Å²) in [5.74, 6) is 0.561. The highest BCUT2D eigenvalue weighted by atomic mass is 16.1. The van der Waals surface area contributed by atoms with E-state index in [4.69, 9.17) is 0 Å². The molecular formula is C12H12N4O. The van der Waals surface area contributed by atoms with Crippen molar-refractivity contribution in [2.45, 2.75) is 20.3 Å². The first kappa shape index (κ1) is 11.3. The molecule has 5 nitrogen and oxygen atoms in total. The zero-order valence-electron chi connectivity index (χ0n) is 9.71. The molecule has 2 aromatic rings. The molecule has 0 radical (unpaired) electrons. The zero-order valence-corrected chi connectivity index (χ0v) is 9.71. The molecule has 0 saturated carbocycles. The number of carbonyl (C=O) groups is 1. The molecule has 0 aliphatic carbocycles. The topological polar surface area (TPSA) is 68.6 Å². The normalized spacial score (nSPS) is 10.2. The van der Waals surface area contributed by atoms with E-state index >= 15 is 0 Å². The van der Waals surface area contributed by atoms with Crippen molar-refractivity contribution in [2.75, 3.05) is 0 Å². The maximum Gasteiger partial charge on any atom is 0.162 e. The Kier molecular flexibility index (Phi) is 3.18. The molecule has 0 N–H and O–H groups in total. The molecular weight excluding hydrogens is 216 g/mol. The van der Waals surface area contributed by atoms with Gasteiger partial charge in [0.1, 0.15) is 6.33 Å². The van der Waals surface area contributed by atoms with E-state index in [-0.39, 0.29) is 0 Å². The van der Waals surface area contributed by atoms with E-state index in [0.29, 0.717) is 17.1 Å². The van der Waals surface area contributed by atoms with Crippen molar-refractivity contribution >= 4 is 6.29 Å². The highest BCUT2D eigenvalue weighted by molar-refractivity contribution is 5.76. The van der Waals surface area contributed by atoms with Crippen LogP contribution < -0.4 is 0 Å². The highest BCUT2D eigenvalue weighted by Crippen LogP contribution is 2.18. The first-order chi connectivity index (χ1) is 8.26. The van der Waals surface area contributed by atoms with Gasteiger partial charge in [0.2, 0.25) is 0 Å². The van der Waals surface area contributed by atoms with Gasteiger partial charge in [-0.3, -0.25) is 4.79 Å². The van der Waals surface area contributed by atoms with Crippen LogP contribution in [0, 0.1) is 6.92 Å². The summed E-state index contributed by atoms with van der Waals surface area (Å²) in [7, 11) is 0. The summed E-state index contributed by atoms with van der Waals surface area (Å²) in [6.45, 7) is 3.79. The molecule has 0 bridgehead atoms. The predicted octanol–water partition coefficient (Wildman–Crippen LogP) is 1.62. The number of hydrogen-bond donors (Lipinski definition) is 0. The second-order valence-electron chi connectivity index (χ2n) is 3.59. The summed E-state index contributed by atoms with van der Waals surface area (Å²) >= 11 is 0. The van der Waals surface area contributed by atoms with Crippen LogP contribution in [-0.2, 0) is 6.42 Å². The summed E-state index contributed by atoms with van der Waals surface area (Å²) in [6, 6.07) is 0. The summed E-state index contributed by atoms with van der Waals surface area (Å²) in [6.07, 6.45) is 6.27. The van der Waals surface area contributed by atoms with Crippen molar-refractivity contribution in [3.8, 4) is 11.4 Å². The molecule has 2 heterocycles. The lowest BCUT2D eigenvalue weighted by Gasteiger charge is -2.05. The third-order valence-corrected chi connectivity index (χ3v) is 2.51. The molecule has 0 aromatic carbocycles. The third kappa shape index (κ3) is 2.18. The minimum Gasteiger partial charge on any atom is -0.298 e. The van der Waals surface area contributed by atoms with Gasteiger partial charge >= 0.3 is 0 Å². The molecule has 0 aliphatic heterocycles. The minimum atomic E-state index is 0.503. The smallest absolute Gasteiger partial charge is 0.162 e. The number of rotatable bonds is 3. The molecule has 0 atom stereocenters. The van der Waals surface area contributed by atoms with Gasteiger partial charge in [-0.05, 0) is 13.3 Å². The molecule has 0 unspecified atom stereocenters. The molecule has 0 saturated heterocycles. The van der Waals surface area contributed by atoms with Gasteiger partial charge < -0.3 is 0 Å². The Morgan fingerprint density at radius 1 is 1.29 bits per heavy atom. The molecule has 0 amide bonds. The SMILES string of the molecule is CCc1ncncc1-c1ncc(C=O)c(C)n1. The summed E-state index contributed by atoms with van der Waals surface area (Å²) in [5, 5.41) is 0. The molecule has 0 fully saturated rings. The number of aromatic nitrogens is 4. The lowest BCUT2D eigenvalue weighted by Crippen LogP contribution is -2.00. The van der Waals surface area contributed by atoms with Gasteiger partial charge in [0.05, 0.1) is 22.5 Å². The molecule has 5 heteroatoms. The van der Waals surface area contributed by atoms with Crippen LogP contribution in [0.1, 0.15) is 28.7 Å². The molecule has 86 valence electrons. The van der Waals surface area contributed by atoms with E-state index in [2.05, 4.69) is 19.9 Å². The number of nitrogens with zero attached hydrogens (tertiary/aromatic N) is 4. The fraction of sp³-hybridized carbons (Fsp3) is 0.250. The van der Waals surface area contributed by atoms with Crippen LogP contribution in [0.5, 0.6) is 0 Å². The van der Waals surface area contributed by atoms with Crippen molar-refractivity contribution in [3.63, 3.8) is 0 Å². The standard InChI is InChI=1S/C12H12N4O/c1-3-11-10(5-13-7-15-11)12-14-4-9(6-17)8(2)16-12/h4-7H,3H2,1-2H3. The number of aryl methyl sites for hydroxylation is 2. The number of aldehydes is 1. The van der Waals surface area contributed by atoms with Gasteiger partial charge in [0.25, 0.3) is 0 Å². The van der Waals surface area contributed by atoms with E-state index in [1.165, 1.54) is 12.5 Å². The van der Waals surface area contributed by atoms with Crippen LogP contribution in [0.2, 0.25) is 0 Å². The monoisotopic (exact) mass is 228 g/mol. The van der Waals surface area contributed by atoms with Crippen LogP contribution in [0.25, 0.3) is 11.4 Å². The minimum absolute atomic E-state index is 0.503. The first-order valence-corrected chi connectivity index (χ1v) is 5.34. The second-order valence-corrected chi connectivity index (χ2v) is 3.59. The highest BCUT2D eigenvalue weighted by Gasteiger charge is 2.09. The Labute approximate surface area is 99.0 Å². The summed E-state index contributed by atoms with van der Waals surface area (Å²) in [5.41, 5.74) is 2.88. The lowest BCUT2D eigenvalue weighted by atomic mass is 10.1. The Bertz CT molecular complexity index is 554. The van der Waals surface area contributed by atoms with Crippen LogP contribution >= 0.6 is 0 Å². The zero-order chi connectivity index (χ0) is 12.3. The fourth-order valence-corrected chi connectivity index (χ4v) is 1.55. The Hall–Kier alpha value is -2.17. The molecule has 2 rings (SSSR count). The van der Waals surface area contributed by atoms with Crippen LogP contribution in [0.15, 0.2) is 18.7 Å². The fourth-order valence-electron chi connectivity index (χ4n) is 1.55. The summed E-state index contributed by atoms with van der Waals surface area (Å²) < 4.78 is 0. The van der Waals surface area contributed by atoms with E-state index in [0.717, 1.165) is 24.0 Å². The van der Waals surface area contributed by atoms with E-state index < -0.39 is 0 Å². The van der Waals surface area contributed by atoms with Crippen LogP contribution in [-0.4, -0.2) is 26.2 Å². The lowest BCUT2D eigenvalue weighted by molar-refractivity contribution is 0.112. The average molecular weight is 228 g/mol. The van der Waals surface area contributed by atoms with E-state index in [1.54, 1.807) is 13.1 Å². The van der Waals surface area contributed by atoms with Gasteiger partial charge in [0, 0.05) is 12.4 Å². The Morgan fingerprint density at radius 3 is 2.76 bits per heavy atom. The predicted molar refractivity (Wildman–Crippen MR) is 62.6 cm³/mol. The van der Waals surface area contributed by atoms with Gasteiger partial charge in [-0.25, -0.2) is 19.9 Å². The van der Waals surface area contributed by atoms with E-state index in [9.17, 15) is 4.79 Å². The molecule has 2 aromatic heterocycles. The number of hydrogen-bond acceptors (Lipinski definition) is 5. The van der Waals surface area contributed by atoms with Gasteiger partial charge in [-0.15, -0.1) is 0 Å². The molecule has 0 spiro atoms. The van der Waals surface area contributed by atoms with Crippen molar-refractivity contribution in [1.29, 1.82) is 0 Å².